The molecule has 7 heteroatoms. The van der Waals surface area contributed by atoms with Gasteiger partial charge in [-0.05, 0) is 24.5 Å². The molecule has 30 heavy (non-hydrogen) atoms. The summed E-state index contributed by atoms with van der Waals surface area (Å²) < 4.78 is 5.30. The van der Waals surface area contributed by atoms with Gasteiger partial charge in [-0.2, -0.15) is 0 Å². The van der Waals surface area contributed by atoms with Crippen molar-refractivity contribution < 1.29 is 19.1 Å². The highest BCUT2D eigenvalue weighted by Gasteiger charge is 2.53. The molecule has 0 spiro atoms. The number of nitrogens with zero attached hydrogens (tertiary/aromatic N) is 1. The maximum Gasteiger partial charge on any atom is 0.330 e. The largest absolute Gasteiger partial charge is 0.454 e. The van der Waals surface area contributed by atoms with Gasteiger partial charge in [0, 0.05) is 12.2 Å². The molecule has 1 N–H and O–H groups in total. The molecule has 0 saturated carbocycles. The quantitative estimate of drug-likeness (QED) is 0.722. The van der Waals surface area contributed by atoms with Gasteiger partial charge in [0.2, 0.25) is 5.91 Å². The molecule has 6 nitrogen and oxygen atoms in total. The zero-order chi connectivity index (χ0) is 21.1. The first-order chi connectivity index (χ1) is 14.5. The summed E-state index contributed by atoms with van der Waals surface area (Å²) in [6.45, 7) is 1.60. The highest BCUT2D eigenvalue weighted by molar-refractivity contribution is 8.01. The van der Waals surface area contributed by atoms with E-state index >= 15 is 0 Å². The molecule has 2 amide bonds. The maximum atomic E-state index is 12.6. The van der Waals surface area contributed by atoms with Crippen molar-refractivity contribution in [3.63, 3.8) is 0 Å². The summed E-state index contributed by atoms with van der Waals surface area (Å²) in [4.78, 5) is 38.7. The highest BCUT2D eigenvalue weighted by atomic mass is 32.2. The van der Waals surface area contributed by atoms with Crippen LogP contribution in [0.2, 0.25) is 0 Å². The van der Waals surface area contributed by atoms with Gasteiger partial charge in [0.05, 0.1) is 10.9 Å². The molecule has 0 aromatic heterocycles. The zero-order valence-electron chi connectivity index (χ0n) is 16.7. The number of carbonyl (C=O) groups excluding carboxylic acids is 3. The number of esters is 1. The Balaban J connectivity index is 1.40. The number of thioether (sulfide) groups is 1. The van der Waals surface area contributed by atoms with Crippen molar-refractivity contribution in [3.05, 3.63) is 71.8 Å². The summed E-state index contributed by atoms with van der Waals surface area (Å²) in [5.74, 6) is -0.434. The Hall–Kier alpha value is -2.80. The summed E-state index contributed by atoms with van der Waals surface area (Å²) in [7, 11) is 0. The summed E-state index contributed by atoms with van der Waals surface area (Å²) in [6, 6.07) is 18.3. The standard InChI is InChI=1S/C23H24N2O4S/c1-23-13-12-20(27)25(23)18(15-30-23)22(28)29-14-19(26)24-21(16-8-4-2-5-9-16)17-10-6-3-7-11-17/h2-11,18,21H,12-15H2,1H3,(H,24,26). The second kappa shape index (κ2) is 8.52. The number of hydrogen-bond donors (Lipinski definition) is 1. The molecule has 4 rings (SSSR count). The second-order valence-electron chi connectivity index (χ2n) is 7.70. The van der Waals surface area contributed by atoms with Crippen molar-refractivity contribution in [1.82, 2.24) is 10.2 Å². The third kappa shape index (κ3) is 4.07. The van der Waals surface area contributed by atoms with Crippen molar-refractivity contribution in [1.29, 1.82) is 0 Å². The van der Waals surface area contributed by atoms with Crippen LogP contribution in [0.5, 0.6) is 0 Å². The summed E-state index contributed by atoms with van der Waals surface area (Å²) in [5.41, 5.74) is 1.88. The van der Waals surface area contributed by atoms with E-state index in [1.807, 2.05) is 67.6 Å². The Morgan fingerprint density at radius 2 is 1.73 bits per heavy atom. The lowest BCUT2D eigenvalue weighted by molar-refractivity contribution is -0.156. The average molecular weight is 425 g/mol. The van der Waals surface area contributed by atoms with E-state index in [0.717, 1.165) is 17.5 Å². The predicted octanol–water partition coefficient (Wildman–Crippen LogP) is 2.89. The lowest BCUT2D eigenvalue weighted by Gasteiger charge is -2.29. The van der Waals surface area contributed by atoms with Crippen molar-refractivity contribution in [2.45, 2.75) is 36.7 Å². The molecule has 2 aromatic carbocycles. The van der Waals surface area contributed by atoms with E-state index in [-0.39, 0.29) is 29.3 Å². The van der Waals surface area contributed by atoms with Gasteiger partial charge in [-0.3, -0.25) is 9.59 Å². The van der Waals surface area contributed by atoms with Crippen LogP contribution in [0.1, 0.15) is 36.9 Å². The van der Waals surface area contributed by atoms with Crippen molar-refractivity contribution in [2.24, 2.45) is 0 Å². The molecule has 0 aliphatic carbocycles. The van der Waals surface area contributed by atoms with E-state index in [1.54, 1.807) is 16.7 Å². The first-order valence-electron chi connectivity index (χ1n) is 10.00. The summed E-state index contributed by atoms with van der Waals surface area (Å²) in [5, 5.41) is 2.96. The van der Waals surface area contributed by atoms with E-state index < -0.39 is 12.0 Å². The van der Waals surface area contributed by atoms with Crippen LogP contribution >= 0.6 is 11.8 Å². The fourth-order valence-corrected chi connectivity index (χ4v) is 5.50. The first-order valence-corrected chi connectivity index (χ1v) is 11.0. The van der Waals surface area contributed by atoms with Crippen LogP contribution in [0.4, 0.5) is 0 Å². The fourth-order valence-electron chi connectivity index (χ4n) is 4.08. The van der Waals surface area contributed by atoms with Gasteiger partial charge in [0.15, 0.2) is 6.61 Å². The summed E-state index contributed by atoms with van der Waals surface area (Å²) in [6.07, 6.45) is 1.18. The normalized spacial score (nSPS) is 22.8. The van der Waals surface area contributed by atoms with Gasteiger partial charge in [-0.15, -0.1) is 11.8 Å². The number of ether oxygens (including phenoxy) is 1. The molecule has 2 saturated heterocycles. The van der Waals surface area contributed by atoms with Crippen LogP contribution in [-0.2, 0) is 19.1 Å². The van der Waals surface area contributed by atoms with E-state index in [2.05, 4.69) is 5.32 Å². The Kier molecular flexibility index (Phi) is 5.81. The monoisotopic (exact) mass is 424 g/mol. The predicted molar refractivity (Wildman–Crippen MR) is 115 cm³/mol. The van der Waals surface area contributed by atoms with Crippen LogP contribution < -0.4 is 5.32 Å². The van der Waals surface area contributed by atoms with Crippen LogP contribution in [0.3, 0.4) is 0 Å². The highest BCUT2D eigenvalue weighted by Crippen LogP contribution is 2.47. The number of nitrogens with one attached hydrogen (secondary N) is 1. The van der Waals surface area contributed by atoms with E-state index in [9.17, 15) is 14.4 Å². The lowest BCUT2D eigenvalue weighted by atomic mass is 9.99. The SMILES string of the molecule is CC12CCC(=O)N1C(C(=O)OCC(=O)NC(c1ccccc1)c1ccccc1)CS2. The lowest BCUT2D eigenvalue weighted by Crippen LogP contribution is -2.47. The number of carbonyl (C=O) groups is 3. The molecule has 2 fully saturated rings. The van der Waals surface area contributed by atoms with Crippen molar-refractivity contribution in [3.8, 4) is 0 Å². The molecule has 156 valence electrons. The van der Waals surface area contributed by atoms with Crippen LogP contribution in [0.25, 0.3) is 0 Å². The molecule has 0 radical (unpaired) electrons. The maximum absolute atomic E-state index is 12.6. The van der Waals surface area contributed by atoms with Crippen LogP contribution in [-0.4, -0.2) is 46.0 Å². The molecule has 2 atom stereocenters. The molecular weight excluding hydrogens is 400 g/mol. The molecule has 2 heterocycles. The number of rotatable bonds is 6. The molecule has 2 aliphatic heterocycles. The van der Waals surface area contributed by atoms with Gasteiger partial charge in [0.1, 0.15) is 6.04 Å². The second-order valence-corrected chi connectivity index (χ2v) is 9.20. The number of hydrogen-bond acceptors (Lipinski definition) is 5. The van der Waals surface area contributed by atoms with Gasteiger partial charge < -0.3 is 15.0 Å². The van der Waals surface area contributed by atoms with Gasteiger partial charge in [-0.25, -0.2) is 4.79 Å². The third-order valence-electron chi connectivity index (χ3n) is 5.63. The van der Waals surface area contributed by atoms with E-state index in [4.69, 9.17) is 4.74 Å². The number of benzene rings is 2. The van der Waals surface area contributed by atoms with E-state index in [1.165, 1.54) is 0 Å². The number of amides is 2. The molecular formula is C23H24N2O4S. The van der Waals surface area contributed by atoms with Crippen molar-refractivity contribution in [2.75, 3.05) is 12.4 Å². The Morgan fingerprint density at radius 3 is 2.33 bits per heavy atom. The first kappa shape index (κ1) is 20.5. The van der Waals surface area contributed by atoms with E-state index in [0.29, 0.717) is 12.2 Å². The molecule has 2 unspecified atom stereocenters. The minimum atomic E-state index is -0.623. The molecule has 2 aromatic rings. The summed E-state index contributed by atoms with van der Waals surface area (Å²) >= 11 is 1.60. The van der Waals surface area contributed by atoms with Crippen LogP contribution in [0, 0.1) is 0 Å². The minimum Gasteiger partial charge on any atom is -0.454 e. The topological polar surface area (TPSA) is 75.7 Å². The molecule has 2 aliphatic rings. The zero-order valence-corrected chi connectivity index (χ0v) is 17.6. The Bertz CT molecular complexity index is 897. The van der Waals surface area contributed by atoms with Gasteiger partial charge >= 0.3 is 5.97 Å². The van der Waals surface area contributed by atoms with Gasteiger partial charge in [-0.1, -0.05) is 60.7 Å². The number of fused-ring (bicyclic) bond motifs is 1. The Labute approximate surface area is 180 Å². The smallest absolute Gasteiger partial charge is 0.330 e. The fraction of sp³-hybridized carbons (Fsp3) is 0.348. The Morgan fingerprint density at radius 1 is 1.13 bits per heavy atom. The average Bonchev–Trinajstić information content (AvgIpc) is 3.27. The van der Waals surface area contributed by atoms with Crippen LogP contribution in [0.15, 0.2) is 60.7 Å². The molecule has 0 bridgehead atoms. The minimum absolute atomic E-state index is 0.0258. The van der Waals surface area contributed by atoms with Crippen molar-refractivity contribution >= 4 is 29.5 Å². The van der Waals surface area contributed by atoms with Gasteiger partial charge in [0.25, 0.3) is 5.91 Å². The third-order valence-corrected chi connectivity index (χ3v) is 7.14.